The summed E-state index contributed by atoms with van der Waals surface area (Å²) >= 11 is 5.16. The number of thiophene rings is 1. The largest absolute Gasteiger partial charge is 0.343 e. The Hall–Kier alpha value is -0.920. The van der Waals surface area contributed by atoms with Crippen LogP contribution in [0.3, 0.4) is 0 Å². The number of halogens is 1. The van der Waals surface area contributed by atoms with E-state index in [9.17, 15) is 9.59 Å². The number of likely N-dealkylation sites (N-methyl/N-ethyl adjacent to an activating group) is 1. The van der Waals surface area contributed by atoms with Gasteiger partial charge in [0.1, 0.15) is 0 Å². The Morgan fingerprint density at radius 2 is 1.92 bits per heavy atom. The molecule has 0 spiro atoms. The van der Waals surface area contributed by atoms with Crippen molar-refractivity contribution in [3.63, 3.8) is 0 Å². The van der Waals surface area contributed by atoms with E-state index in [0.717, 1.165) is 23.2 Å². The van der Waals surface area contributed by atoms with Crippen LogP contribution in [-0.4, -0.2) is 66.3 Å². The molecule has 0 saturated carbocycles. The van der Waals surface area contributed by atoms with Crippen molar-refractivity contribution in [2.75, 3.05) is 33.7 Å². The number of likely N-dealkylation sites (tertiary alicyclic amines) is 1. The number of hydrogen-bond donors (Lipinski definition) is 0. The Labute approximate surface area is 163 Å². The average molecular weight is 430 g/mol. The third kappa shape index (κ3) is 5.79. The number of carbonyl (C=O) groups is 2. The minimum Gasteiger partial charge on any atom is -0.343 e. The molecule has 0 unspecified atom stereocenters. The van der Waals surface area contributed by atoms with Crippen LogP contribution >= 0.6 is 27.3 Å². The van der Waals surface area contributed by atoms with Crippen molar-refractivity contribution in [2.45, 2.75) is 39.3 Å². The molecule has 1 saturated heterocycles. The summed E-state index contributed by atoms with van der Waals surface area (Å²) in [5, 5.41) is 0. The van der Waals surface area contributed by atoms with E-state index in [-0.39, 0.29) is 23.8 Å². The van der Waals surface area contributed by atoms with E-state index in [1.165, 1.54) is 4.88 Å². The van der Waals surface area contributed by atoms with E-state index in [2.05, 4.69) is 22.0 Å². The first-order valence-corrected chi connectivity index (χ1v) is 10.4. The fourth-order valence-electron chi connectivity index (χ4n) is 3.01. The van der Waals surface area contributed by atoms with Crippen LogP contribution in [0.2, 0.25) is 0 Å². The molecule has 140 valence electrons. The summed E-state index contributed by atoms with van der Waals surface area (Å²) in [7, 11) is 3.84. The summed E-state index contributed by atoms with van der Waals surface area (Å²) in [6.45, 7) is 6.60. The maximum absolute atomic E-state index is 12.5. The summed E-state index contributed by atoms with van der Waals surface area (Å²) in [5.41, 5.74) is 0. The fourth-order valence-corrected chi connectivity index (χ4v) is 4.57. The highest BCUT2D eigenvalue weighted by Gasteiger charge is 2.29. The molecular weight excluding hydrogens is 402 g/mol. The van der Waals surface area contributed by atoms with Gasteiger partial charge in [-0.1, -0.05) is 0 Å². The zero-order chi connectivity index (χ0) is 18.6. The van der Waals surface area contributed by atoms with Crippen LogP contribution in [0.25, 0.3) is 0 Å². The predicted octanol–water partition coefficient (Wildman–Crippen LogP) is 3.05. The predicted molar refractivity (Wildman–Crippen MR) is 106 cm³/mol. The molecule has 7 heteroatoms. The zero-order valence-electron chi connectivity index (χ0n) is 15.5. The molecule has 1 fully saturated rings. The van der Waals surface area contributed by atoms with Gasteiger partial charge >= 0.3 is 0 Å². The summed E-state index contributed by atoms with van der Waals surface area (Å²) in [4.78, 5) is 31.9. The minimum atomic E-state index is 0.0534. The first kappa shape index (κ1) is 20.4. The molecule has 0 N–H and O–H groups in total. The standard InChI is InChI=1S/C18H28BrN3O2S/c1-13(2)21(4)18(24)14-7-9-22(10-8-14)17(23)12-20(3)11-15-5-6-16(19)25-15/h5-6,13-14H,7-12H2,1-4H3. The highest BCUT2D eigenvalue weighted by Crippen LogP contribution is 2.23. The SMILES string of the molecule is CC(C)N(C)C(=O)C1CCN(C(=O)CN(C)Cc2ccc(Br)s2)CC1. The molecule has 1 aliphatic rings. The lowest BCUT2D eigenvalue weighted by Gasteiger charge is -2.35. The lowest BCUT2D eigenvalue weighted by Crippen LogP contribution is -2.47. The molecule has 0 aliphatic carbocycles. The summed E-state index contributed by atoms with van der Waals surface area (Å²) in [5.74, 6) is 0.418. The molecule has 5 nitrogen and oxygen atoms in total. The van der Waals surface area contributed by atoms with Crippen molar-refractivity contribution in [3.05, 3.63) is 20.8 Å². The number of hydrogen-bond acceptors (Lipinski definition) is 4. The van der Waals surface area contributed by atoms with Crippen molar-refractivity contribution in [2.24, 2.45) is 5.92 Å². The normalized spacial score (nSPS) is 15.9. The van der Waals surface area contributed by atoms with E-state index in [1.807, 2.05) is 48.7 Å². The molecule has 2 heterocycles. The molecule has 1 aromatic rings. The molecule has 2 amide bonds. The quantitative estimate of drug-likeness (QED) is 0.697. The second-order valence-corrected chi connectivity index (χ2v) is 9.62. The highest BCUT2D eigenvalue weighted by molar-refractivity contribution is 9.11. The van der Waals surface area contributed by atoms with E-state index in [4.69, 9.17) is 0 Å². The van der Waals surface area contributed by atoms with Crippen LogP contribution < -0.4 is 0 Å². The molecule has 25 heavy (non-hydrogen) atoms. The Morgan fingerprint density at radius 3 is 2.44 bits per heavy atom. The van der Waals surface area contributed by atoms with Gasteiger partial charge in [-0.15, -0.1) is 11.3 Å². The van der Waals surface area contributed by atoms with Gasteiger partial charge in [0.25, 0.3) is 0 Å². The Kier molecular flexibility index (Phi) is 7.46. The lowest BCUT2D eigenvalue weighted by atomic mass is 9.95. The Morgan fingerprint density at radius 1 is 1.28 bits per heavy atom. The van der Waals surface area contributed by atoms with Crippen molar-refractivity contribution in [1.82, 2.24) is 14.7 Å². The van der Waals surface area contributed by atoms with Crippen LogP contribution in [0.1, 0.15) is 31.6 Å². The molecule has 1 aromatic heterocycles. The van der Waals surface area contributed by atoms with Gasteiger partial charge in [-0.3, -0.25) is 14.5 Å². The molecule has 0 aromatic carbocycles. The number of nitrogens with zero attached hydrogens (tertiary/aromatic N) is 3. The molecule has 1 aliphatic heterocycles. The number of amides is 2. The van der Waals surface area contributed by atoms with Gasteiger partial charge in [0.15, 0.2) is 0 Å². The Bertz CT molecular complexity index is 597. The second kappa shape index (κ2) is 9.14. The van der Waals surface area contributed by atoms with Crippen LogP contribution in [0, 0.1) is 5.92 Å². The number of rotatable bonds is 6. The Balaban J connectivity index is 1.78. The van der Waals surface area contributed by atoms with Gasteiger partial charge in [-0.25, -0.2) is 0 Å². The van der Waals surface area contributed by atoms with Crippen LogP contribution in [0.15, 0.2) is 15.9 Å². The maximum atomic E-state index is 12.5. The third-order valence-electron chi connectivity index (χ3n) is 4.78. The third-order valence-corrected chi connectivity index (χ3v) is 6.39. The second-order valence-electron chi connectivity index (χ2n) is 7.08. The fraction of sp³-hybridized carbons (Fsp3) is 0.667. The lowest BCUT2D eigenvalue weighted by molar-refractivity contribution is -0.141. The zero-order valence-corrected chi connectivity index (χ0v) is 17.9. The number of carbonyl (C=O) groups excluding carboxylic acids is 2. The van der Waals surface area contributed by atoms with Crippen LogP contribution in [-0.2, 0) is 16.1 Å². The molecule has 0 radical (unpaired) electrons. The van der Waals surface area contributed by atoms with Gasteiger partial charge in [-0.2, -0.15) is 0 Å². The molecule has 0 atom stereocenters. The van der Waals surface area contributed by atoms with Crippen molar-refractivity contribution in [1.29, 1.82) is 0 Å². The van der Waals surface area contributed by atoms with Gasteiger partial charge in [0, 0.05) is 43.5 Å². The van der Waals surface area contributed by atoms with E-state index in [0.29, 0.717) is 19.6 Å². The topological polar surface area (TPSA) is 43.9 Å². The van der Waals surface area contributed by atoms with E-state index >= 15 is 0 Å². The summed E-state index contributed by atoms with van der Waals surface area (Å²) in [6, 6.07) is 4.34. The van der Waals surface area contributed by atoms with Crippen LogP contribution in [0.5, 0.6) is 0 Å². The van der Waals surface area contributed by atoms with Gasteiger partial charge < -0.3 is 9.80 Å². The van der Waals surface area contributed by atoms with Crippen molar-refractivity contribution in [3.8, 4) is 0 Å². The average Bonchev–Trinajstić information content (AvgIpc) is 2.98. The maximum Gasteiger partial charge on any atom is 0.236 e. The number of piperidine rings is 1. The van der Waals surface area contributed by atoms with E-state index < -0.39 is 0 Å². The molecular formula is C18H28BrN3O2S. The summed E-state index contributed by atoms with van der Waals surface area (Å²) < 4.78 is 1.11. The molecule has 0 bridgehead atoms. The van der Waals surface area contributed by atoms with Crippen LogP contribution in [0.4, 0.5) is 0 Å². The summed E-state index contributed by atoms with van der Waals surface area (Å²) in [6.07, 6.45) is 1.53. The first-order chi connectivity index (χ1) is 11.8. The van der Waals surface area contributed by atoms with E-state index in [1.54, 1.807) is 11.3 Å². The smallest absolute Gasteiger partial charge is 0.236 e. The monoisotopic (exact) mass is 429 g/mol. The van der Waals surface area contributed by atoms with Crippen molar-refractivity contribution < 1.29 is 9.59 Å². The van der Waals surface area contributed by atoms with Crippen molar-refractivity contribution >= 4 is 39.1 Å². The molecule has 2 rings (SSSR count). The highest BCUT2D eigenvalue weighted by atomic mass is 79.9. The van der Waals surface area contributed by atoms with Gasteiger partial charge in [0.2, 0.25) is 11.8 Å². The van der Waals surface area contributed by atoms with Gasteiger partial charge in [0.05, 0.1) is 10.3 Å². The van der Waals surface area contributed by atoms with Gasteiger partial charge in [-0.05, 0) is 61.8 Å². The first-order valence-electron chi connectivity index (χ1n) is 8.75. The minimum absolute atomic E-state index is 0.0534.